The summed E-state index contributed by atoms with van der Waals surface area (Å²) in [5, 5.41) is 12.0. The van der Waals surface area contributed by atoms with Gasteiger partial charge < -0.3 is 5.32 Å². The van der Waals surface area contributed by atoms with Crippen molar-refractivity contribution in [1.29, 1.82) is 5.26 Å². The third-order valence-corrected chi connectivity index (χ3v) is 2.31. The quantitative estimate of drug-likeness (QED) is 0.645. The third-order valence-electron chi connectivity index (χ3n) is 2.31. The Labute approximate surface area is 74.3 Å². The van der Waals surface area contributed by atoms with Gasteiger partial charge in [0.2, 0.25) is 0 Å². The molecule has 2 heteroatoms. The van der Waals surface area contributed by atoms with Crippen molar-refractivity contribution in [3.05, 3.63) is 12.2 Å². The van der Waals surface area contributed by atoms with Gasteiger partial charge in [-0.25, -0.2) is 0 Å². The van der Waals surface area contributed by atoms with Gasteiger partial charge in [0, 0.05) is 12.1 Å². The first-order valence-corrected chi connectivity index (χ1v) is 4.64. The van der Waals surface area contributed by atoms with Crippen molar-refractivity contribution in [2.45, 2.75) is 44.7 Å². The Morgan fingerprint density at radius 1 is 1.58 bits per heavy atom. The van der Waals surface area contributed by atoms with Gasteiger partial charge in [-0.2, -0.15) is 5.26 Å². The molecule has 1 aliphatic carbocycles. The molecular formula is C10H16N2. The van der Waals surface area contributed by atoms with E-state index >= 15 is 0 Å². The lowest BCUT2D eigenvalue weighted by Gasteiger charge is -2.18. The van der Waals surface area contributed by atoms with Gasteiger partial charge in [-0.3, -0.25) is 0 Å². The lowest BCUT2D eigenvalue weighted by atomic mass is 10.1. The summed E-state index contributed by atoms with van der Waals surface area (Å²) in [4.78, 5) is 0. The van der Waals surface area contributed by atoms with Crippen molar-refractivity contribution in [2.24, 2.45) is 0 Å². The highest BCUT2D eigenvalue weighted by atomic mass is 14.9. The molecule has 1 N–H and O–H groups in total. The molecule has 12 heavy (non-hydrogen) atoms. The molecule has 0 radical (unpaired) electrons. The Balaban J connectivity index is 2.23. The molecule has 2 nitrogen and oxygen atoms in total. The average molecular weight is 164 g/mol. The number of nitrogens with zero attached hydrogens (tertiary/aromatic N) is 1. The Morgan fingerprint density at radius 3 is 2.75 bits per heavy atom. The van der Waals surface area contributed by atoms with Crippen LogP contribution in [0.3, 0.4) is 0 Å². The summed E-state index contributed by atoms with van der Waals surface area (Å²) in [7, 11) is 0. The lowest BCUT2D eigenvalue weighted by Crippen LogP contribution is -2.36. The number of nitriles is 1. The second kappa shape index (κ2) is 4.95. The standard InChI is InChI=1S/C10H16N2/c1-2-9(7-8-11)12-10-5-3-4-6-10/h3-4,9-10,12H,2,5-7H2,1H3. The molecule has 0 aliphatic heterocycles. The van der Waals surface area contributed by atoms with Crippen LogP contribution in [0.4, 0.5) is 0 Å². The van der Waals surface area contributed by atoms with E-state index in [1.807, 2.05) is 0 Å². The number of hydrogen-bond acceptors (Lipinski definition) is 2. The maximum Gasteiger partial charge on any atom is 0.0638 e. The van der Waals surface area contributed by atoms with Crippen LogP contribution in [0.1, 0.15) is 32.6 Å². The molecule has 1 rings (SSSR count). The fourth-order valence-electron chi connectivity index (χ4n) is 1.52. The fourth-order valence-corrected chi connectivity index (χ4v) is 1.52. The molecule has 1 aliphatic rings. The normalized spacial score (nSPS) is 19.3. The Morgan fingerprint density at radius 2 is 2.25 bits per heavy atom. The zero-order chi connectivity index (χ0) is 8.81. The summed E-state index contributed by atoms with van der Waals surface area (Å²) in [6.07, 6.45) is 8.34. The lowest BCUT2D eigenvalue weighted by molar-refractivity contribution is 0.431. The first-order chi connectivity index (χ1) is 5.86. The highest BCUT2D eigenvalue weighted by Gasteiger charge is 2.13. The van der Waals surface area contributed by atoms with Crippen molar-refractivity contribution in [1.82, 2.24) is 5.32 Å². The molecule has 0 saturated heterocycles. The molecule has 0 saturated carbocycles. The number of nitrogens with one attached hydrogen (secondary N) is 1. The molecule has 0 aromatic rings. The van der Waals surface area contributed by atoms with E-state index in [9.17, 15) is 0 Å². The maximum atomic E-state index is 8.54. The van der Waals surface area contributed by atoms with Crippen molar-refractivity contribution in [3.8, 4) is 6.07 Å². The van der Waals surface area contributed by atoms with Crippen molar-refractivity contribution in [2.75, 3.05) is 0 Å². The van der Waals surface area contributed by atoms with Gasteiger partial charge in [0.25, 0.3) is 0 Å². The first kappa shape index (κ1) is 9.28. The van der Waals surface area contributed by atoms with Crippen molar-refractivity contribution < 1.29 is 0 Å². The van der Waals surface area contributed by atoms with Gasteiger partial charge in [-0.05, 0) is 19.3 Å². The summed E-state index contributed by atoms with van der Waals surface area (Å²) < 4.78 is 0. The molecule has 0 spiro atoms. The largest absolute Gasteiger partial charge is 0.310 e. The molecule has 0 aromatic carbocycles. The van der Waals surface area contributed by atoms with Crippen LogP contribution in [0, 0.1) is 11.3 Å². The zero-order valence-corrected chi connectivity index (χ0v) is 7.59. The van der Waals surface area contributed by atoms with Gasteiger partial charge >= 0.3 is 0 Å². The Kier molecular flexibility index (Phi) is 3.83. The van der Waals surface area contributed by atoms with E-state index in [-0.39, 0.29) is 0 Å². The summed E-state index contributed by atoms with van der Waals surface area (Å²) in [6.45, 7) is 2.12. The van der Waals surface area contributed by atoms with E-state index in [4.69, 9.17) is 5.26 Å². The van der Waals surface area contributed by atoms with Crippen LogP contribution in [0.15, 0.2) is 12.2 Å². The molecule has 0 heterocycles. The minimum absolute atomic E-state index is 0.389. The van der Waals surface area contributed by atoms with E-state index in [0.717, 1.165) is 19.3 Å². The third kappa shape index (κ3) is 2.67. The predicted octanol–water partition coefficient (Wildman–Crippen LogP) is 1.99. The second-order valence-corrected chi connectivity index (χ2v) is 3.27. The van der Waals surface area contributed by atoms with Gasteiger partial charge in [0.1, 0.15) is 0 Å². The summed E-state index contributed by atoms with van der Waals surface area (Å²) in [5.41, 5.74) is 0. The van der Waals surface area contributed by atoms with Crippen molar-refractivity contribution >= 4 is 0 Å². The molecular weight excluding hydrogens is 148 g/mol. The second-order valence-electron chi connectivity index (χ2n) is 3.27. The average Bonchev–Trinajstić information content (AvgIpc) is 2.56. The summed E-state index contributed by atoms with van der Waals surface area (Å²) in [5.74, 6) is 0. The van der Waals surface area contributed by atoms with E-state index in [0.29, 0.717) is 18.5 Å². The molecule has 0 amide bonds. The van der Waals surface area contributed by atoms with E-state index in [2.05, 4.69) is 30.5 Å². The van der Waals surface area contributed by atoms with Crippen LogP contribution in [-0.2, 0) is 0 Å². The molecule has 1 unspecified atom stereocenters. The van der Waals surface area contributed by atoms with Crippen LogP contribution in [0.2, 0.25) is 0 Å². The van der Waals surface area contributed by atoms with Gasteiger partial charge in [-0.15, -0.1) is 0 Å². The number of rotatable bonds is 4. The van der Waals surface area contributed by atoms with Gasteiger partial charge in [0.05, 0.1) is 12.5 Å². The van der Waals surface area contributed by atoms with Crippen LogP contribution in [-0.4, -0.2) is 12.1 Å². The van der Waals surface area contributed by atoms with Crippen molar-refractivity contribution in [3.63, 3.8) is 0 Å². The van der Waals surface area contributed by atoms with Gasteiger partial charge in [0.15, 0.2) is 0 Å². The molecule has 1 atom stereocenters. The summed E-state index contributed by atoms with van der Waals surface area (Å²) in [6, 6.07) is 3.18. The first-order valence-electron chi connectivity index (χ1n) is 4.64. The smallest absolute Gasteiger partial charge is 0.0638 e. The highest BCUT2D eigenvalue weighted by Crippen LogP contribution is 2.11. The predicted molar refractivity (Wildman–Crippen MR) is 49.6 cm³/mol. The molecule has 0 fully saturated rings. The topological polar surface area (TPSA) is 35.8 Å². The van der Waals surface area contributed by atoms with Crippen LogP contribution in [0.25, 0.3) is 0 Å². The fraction of sp³-hybridized carbons (Fsp3) is 0.700. The van der Waals surface area contributed by atoms with Crippen LogP contribution < -0.4 is 5.32 Å². The van der Waals surface area contributed by atoms with Crippen LogP contribution in [0.5, 0.6) is 0 Å². The Hall–Kier alpha value is -0.810. The van der Waals surface area contributed by atoms with Crippen LogP contribution >= 0.6 is 0 Å². The zero-order valence-electron chi connectivity index (χ0n) is 7.59. The minimum atomic E-state index is 0.389. The summed E-state index contributed by atoms with van der Waals surface area (Å²) >= 11 is 0. The monoisotopic (exact) mass is 164 g/mol. The SMILES string of the molecule is CCC(CC#N)NC1CC=CC1. The molecule has 0 bridgehead atoms. The molecule has 0 aromatic heterocycles. The Bertz CT molecular complexity index is 183. The van der Waals surface area contributed by atoms with Gasteiger partial charge in [-0.1, -0.05) is 19.1 Å². The van der Waals surface area contributed by atoms with E-state index in [1.165, 1.54) is 0 Å². The van der Waals surface area contributed by atoms with E-state index in [1.54, 1.807) is 0 Å². The molecule has 66 valence electrons. The highest BCUT2D eigenvalue weighted by molar-refractivity contribution is 4.99. The minimum Gasteiger partial charge on any atom is -0.310 e. The number of hydrogen-bond donors (Lipinski definition) is 1. The van der Waals surface area contributed by atoms with E-state index < -0.39 is 0 Å². The maximum absolute atomic E-state index is 8.54.